The lowest BCUT2D eigenvalue weighted by Crippen LogP contribution is -2.39. The van der Waals surface area contributed by atoms with Crippen LogP contribution in [0.4, 0.5) is 4.79 Å². The Labute approximate surface area is 81.8 Å². The quantitative estimate of drug-likeness (QED) is 0.634. The summed E-state index contributed by atoms with van der Waals surface area (Å²) in [5, 5.41) is 8.24. The van der Waals surface area contributed by atoms with Crippen molar-refractivity contribution in [3.05, 3.63) is 0 Å². The second-order valence-electron chi connectivity index (χ2n) is 3.43. The van der Waals surface area contributed by atoms with Crippen molar-refractivity contribution in [1.29, 1.82) is 0 Å². The Bertz CT molecular complexity index is 231. The fraction of sp³-hybridized carbons (Fsp3) is 0.750. The predicted octanol–water partition coefficient (Wildman–Crippen LogP) is 0.0540. The highest BCUT2D eigenvalue weighted by atomic mass is 16.7. The van der Waals surface area contributed by atoms with Crippen LogP contribution < -0.4 is 5.48 Å². The zero-order valence-electron chi connectivity index (χ0n) is 8.02. The molecule has 0 radical (unpaired) electrons. The highest BCUT2D eigenvalue weighted by Gasteiger charge is 2.23. The zero-order valence-corrected chi connectivity index (χ0v) is 8.02. The molecular formula is C8H14N2O4. The molecule has 0 aromatic rings. The van der Waals surface area contributed by atoms with Gasteiger partial charge in [-0.3, -0.25) is 4.84 Å². The number of hydrogen-bond acceptors (Lipinski definition) is 3. The Morgan fingerprint density at radius 3 is 2.86 bits per heavy atom. The Morgan fingerprint density at radius 2 is 2.36 bits per heavy atom. The van der Waals surface area contributed by atoms with E-state index in [1.54, 1.807) is 4.90 Å². The number of urea groups is 1. The molecule has 0 saturated carbocycles. The number of hydroxylamine groups is 1. The van der Waals surface area contributed by atoms with Crippen LogP contribution in [0.1, 0.15) is 13.3 Å². The number of carboxylic acids is 1. The number of nitrogens with one attached hydrogen (secondary N) is 1. The molecule has 1 fully saturated rings. The van der Waals surface area contributed by atoms with Crippen molar-refractivity contribution >= 4 is 12.0 Å². The van der Waals surface area contributed by atoms with E-state index in [2.05, 4.69) is 17.2 Å². The third-order valence-corrected chi connectivity index (χ3v) is 2.07. The Balaban J connectivity index is 2.18. The Hall–Kier alpha value is -1.30. The Morgan fingerprint density at radius 1 is 1.64 bits per heavy atom. The molecule has 1 heterocycles. The molecule has 6 heteroatoms. The summed E-state index contributed by atoms with van der Waals surface area (Å²) in [5.74, 6) is -0.611. The van der Waals surface area contributed by atoms with E-state index in [4.69, 9.17) is 5.11 Å². The van der Waals surface area contributed by atoms with Crippen molar-refractivity contribution in [2.45, 2.75) is 13.3 Å². The first-order valence-corrected chi connectivity index (χ1v) is 4.48. The summed E-state index contributed by atoms with van der Waals surface area (Å²) < 4.78 is 0. The van der Waals surface area contributed by atoms with Gasteiger partial charge < -0.3 is 10.0 Å². The summed E-state index contributed by atoms with van der Waals surface area (Å²) in [6.45, 7) is 2.94. The molecule has 14 heavy (non-hydrogen) atoms. The third kappa shape index (κ3) is 3.21. The van der Waals surface area contributed by atoms with E-state index in [9.17, 15) is 9.59 Å². The second kappa shape index (κ2) is 4.80. The van der Waals surface area contributed by atoms with Crippen LogP contribution in [0, 0.1) is 5.92 Å². The van der Waals surface area contributed by atoms with Crippen LogP contribution in [0.2, 0.25) is 0 Å². The molecule has 1 aliphatic rings. The number of carbonyl (C=O) groups excluding carboxylic acids is 1. The first kappa shape index (κ1) is 10.8. The molecular weight excluding hydrogens is 188 g/mol. The smallest absolute Gasteiger partial charge is 0.341 e. The van der Waals surface area contributed by atoms with Crippen molar-refractivity contribution in [2.24, 2.45) is 5.92 Å². The van der Waals surface area contributed by atoms with Gasteiger partial charge in [0.1, 0.15) is 0 Å². The minimum atomic E-state index is -1.11. The van der Waals surface area contributed by atoms with Gasteiger partial charge in [-0.1, -0.05) is 6.92 Å². The molecule has 1 rings (SSSR count). The summed E-state index contributed by atoms with van der Waals surface area (Å²) in [5.41, 5.74) is 2.08. The van der Waals surface area contributed by atoms with E-state index in [0.717, 1.165) is 6.42 Å². The van der Waals surface area contributed by atoms with E-state index in [0.29, 0.717) is 19.0 Å². The summed E-state index contributed by atoms with van der Waals surface area (Å²) >= 11 is 0. The Kier molecular flexibility index (Phi) is 3.70. The number of amides is 2. The molecule has 1 saturated heterocycles. The van der Waals surface area contributed by atoms with Crippen LogP contribution in [-0.2, 0) is 9.63 Å². The molecule has 6 nitrogen and oxygen atoms in total. The zero-order chi connectivity index (χ0) is 10.6. The van der Waals surface area contributed by atoms with Crippen LogP contribution >= 0.6 is 0 Å². The van der Waals surface area contributed by atoms with E-state index >= 15 is 0 Å². The van der Waals surface area contributed by atoms with Crippen molar-refractivity contribution in [3.63, 3.8) is 0 Å². The number of carboxylic acid groups (broad SMARTS) is 1. The number of nitrogens with zero attached hydrogens (tertiary/aromatic N) is 1. The van der Waals surface area contributed by atoms with Gasteiger partial charge in [0.15, 0.2) is 6.61 Å². The van der Waals surface area contributed by atoms with Gasteiger partial charge in [0.25, 0.3) is 0 Å². The van der Waals surface area contributed by atoms with Crippen LogP contribution in [0.25, 0.3) is 0 Å². The molecule has 2 amide bonds. The van der Waals surface area contributed by atoms with Gasteiger partial charge in [-0.2, -0.15) is 0 Å². The molecule has 0 aromatic carbocycles. The lowest BCUT2D eigenvalue weighted by Gasteiger charge is -2.15. The summed E-state index contributed by atoms with van der Waals surface area (Å²) in [4.78, 5) is 27.4. The van der Waals surface area contributed by atoms with Crippen molar-refractivity contribution in [3.8, 4) is 0 Å². The number of rotatable bonds is 3. The molecule has 2 N–H and O–H groups in total. The van der Waals surface area contributed by atoms with Crippen molar-refractivity contribution < 1.29 is 19.5 Å². The lowest BCUT2D eigenvalue weighted by molar-refractivity contribution is -0.144. The second-order valence-corrected chi connectivity index (χ2v) is 3.43. The van der Waals surface area contributed by atoms with E-state index < -0.39 is 12.6 Å². The molecule has 0 aliphatic carbocycles. The molecule has 1 aliphatic heterocycles. The van der Waals surface area contributed by atoms with Crippen LogP contribution in [0.3, 0.4) is 0 Å². The minimum Gasteiger partial charge on any atom is -0.479 e. The van der Waals surface area contributed by atoms with Crippen LogP contribution in [0.5, 0.6) is 0 Å². The maximum absolute atomic E-state index is 11.3. The first-order valence-electron chi connectivity index (χ1n) is 4.48. The molecule has 0 spiro atoms. The largest absolute Gasteiger partial charge is 0.479 e. The fourth-order valence-corrected chi connectivity index (χ4v) is 1.34. The molecule has 1 atom stereocenters. The van der Waals surface area contributed by atoms with Gasteiger partial charge in [0.05, 0.1) is 0 Å². The normalized spacial score (nSPS) is 20.9. The average Bonchev–Trinajstić information content (AvgIpc) is 2.51. The molecule has 80 valence electrons. The monoisotopic (exact) mass is 202 g/mol. The third-order valence-electron chi connectivity index (χ3n) is 2.07. The summed E-state index contributed by atoms with van der Waals surface area (Å²) in [7, 11) is 0. The number of likely N-dealkylation sites (tertiary alicyclic amines) is 1. The fourth-order valence-electron chi connectivity index (χ4n) is 1.34. The van der Waals surface area contributed by atoms with Crippen LogP contribution in [-0.4, -0.2) is 41.7 Å². The van der Waals surface area contributed by atoms with E-state index in [1.165, 1.54) is 0 Å². The van der Waals surface area contributed by atoms with Crippen molar-refractivity contribution in [1.82, 2.24) is 10.4 Å². The SMILES string of the molecule is CC1CCN(C(=O)NOCC(=O)O)C1. The van der Waals surface area contributed by atoms with Gasteiger partial charge in [-0.25, -0.2) is 15.1 Å². The maximum Gasteiger partial charge on any atom is 0.341 e. The summed E-state index contributed by atoms with van der Waals surface area (Å²) in [6, 6.07) is -0.365. The van der Waals surface area contributed by atoms with E-state index in [1.807, 2.05) is 0 Å². The highest BCUT2D eigenvalue weighted by Crippen LogP contribution is 2.14. The predicted molar refractivity (Wildman–Crippen MR) is 47.5 cm³/mol. The van der Waals surface area contributed by atoms with Gasteiger partial charge in [-0.15, -0.1) is 0 Å². The van der Waals surface area contributed by atoms with Gasteiger partial charge in [0.2, 0.25) is 0 Å². The van der Waals surface area contributed by atoms with Crippen LogP contribution in [0.15, 0.2) is 0 Å². The molecule has 0 aromatic heterocycles. The number of aliphatic carboxylic acids is 1. The van der Waals surface area contributed by atoms with Crippen molar-refractivity contribution in [2.75, 3.05) is 19.7 Å². The first-order chi connectivity index (χ1) is 6.59. The standard InChI is InChI=1S/C8H14N2O4/c1-6-2-3-10(4-6)8(13)9-14-5-7(11)12/h6H,2-5H2,1H3,(H,9,13)(H,11,12). The minimum absolute atomic E-state index is 0.365. The molecule has 0 bridgehead atoms. The number of carbonyl (C=O) groups is 2. The van der Waals surface area contributed by atoms with Gasteiger partial charge in [-0.05, 0) is 12.3 Å². The summed E-state index contributed by atoms with van der Waals surface area (Å²) in [6.07, 6.45) is 0.979. The maximum atomic E-state index is 11.3. The lowest BCUT2D eigenvalue weighted by atomic mass is 10.2. The highest BCUT2D eigenvalue weighted by molar-refractivity contribution is 5.74. The van der Waals surface area contributed by atoms with Gasteiger partial charge in [0, 0.05) is 13.1 Å². The topological polar surface area (TPSA) is 78.9 Å². The number of hydrogen-bond donors (Lipinski definition) is 2. The van der Waals surface area contributed by atoms with Gasteiger partial charge >= 0.3 is 12.0 Å². The average molecular weight is 202 g/mol. The molecule has 1 unspecified atom stereocenters. The van der Waals surface area contributed by atoms with E-state index in [-0.39, 0.29) is 6.03 Å².